The normalized spacial score (nSPS) is 10.5. The lowest BCUT2D eigenvalue weighted by Crippen LogP contribution is -2.03. The zero-order valence-electron chi connectivity index (χ0n) is 15.0. The third-order valence-electron chi connectivity index (χ3n) is 4.21. The Labute approximate surface area is 159 Å². The van der Waals surface area contributed by atoms with E-state index < -0.39 is 0 Å². The number of aromatic amines is 1. The second-order valence-electron chi connectivity index (χ2n) is 5.85. The van der Waals surface area contributed by atoms with Crippen LogP contribution in [-0.4, -0.2) is 27.5 Å². The molecule has 138 valence electrons. The smallest absolute Gasteiger partial charge is 0.283 e. The van der Waals surface area contributed by atoms with Crippen LogP contribution < -0.4 is 10.3 Å². The Morgan fingerprint density at radius 1 is 0.893 bits per heavy atom. The third kappa shape index (κ3) is 3.33. The zero-order chi connectivity index (χ0) is 19.3. The maximum absolute atomic E-state index is 11.0. The van der Waals surface area contributed by atoms with Gasteiger partial charge in [-0.2, -0.15) is 20.4 Å². The molecule has 7 heteroatoms. The van der Waals surface area contributed by atoms with Crippen LogP contribution in [0.3, 0.4) is 0 Å². The van der Waals surface area contributed by atoms with E-state index in [-0.39, 0.29) is 5.56 Å². The molecule has 5 aromatic rings. The molecule has 2 heterocycles. The summed E-state index contributed by atoms with van der Waals surface area (Å²) in [4.78, 5) is 14.5. The van der Waals surface area contributed by atoms with Crippen molar-refractivity contribution in [3.63, 3.8) is 0 Å². The van der Waals surface area contributed by atoms with Gasteiger partial charge >= 0.3 is 0 Å². The van der Waals surface area contributed by atoms with Gasteiger partial charge in [-0.25, -0.2) is 0 Å². The summed E-state index contributed by atoms with van der Waals surface area (Å²) in [5, 5.41) is 11.4. The number of H-pyrrole nitrogens is 1. The van der Waals surface area contributed by atoms with Crippen LogP contribution in [-0.2, 0) is 0 Å². The molecular weight excluding hydrogens is 356 g/mol. The first-order valence-corrected chi connectivity index (χ1v) is 8.53. The largest absolute Gasteiger partial charge is 0.496 e. The van der Waals surface area contributed by atoms with Gasteiger partial charge in [0, 0.05) is 11.1 Å². The molecule has 7 nitrogen and oxygen atoms in total. The van der Waals surface area contributed by atoms with Gasteiger partial charge in [-0.1, -0.05) is 42.5 Å². The first kappa shape index (κ1) is 17.4. The summed E-state index contributed by atoms with van der Waals surface area (Å²) in [5.74, 6) is 0.836. The topological polar surface area (TPSA) is 93.9 Å². The van der Waals surface area contributed by atoms with Gasteiger partial charge in [-0.15, -0.1) is 0 Å². The Bertz CT molecular complexity index is 1290. The molecule has 3 aromatic carbocycles. The maximum Gasteiger partial charge on any atom is 0.283 e. The molecule has 0 aliphatic carbocycles. The molecular formula is C21H16N4O3. The highest BCUT2D eigenvalue weighted by molar-refractivity contribution is 5.92. The van der Waals surface area contributed by atoms with E-state index in [0.29, 0.717) is 11.0 Å². The van der Waals surface area contributed by atoms with E-state index in [4.69, 9.17) is 9.15 Å². The van der Waals surface area contributed by atoms with Gasteiger partial charge in [-0.05, 0) is 24.3 Å². The number of rotatable bonds is 2. The van der Waals surface area contributed by atoms with E-state index in [1.807, 2.05) is 48.5 Å². The molecule has 5 rings (SSSR count). The number of nitrogens with one attached hydrogen (secondary N) is 1. The molecule has 0 saturated heterocycles. The van der Waals surface area contributed by atoms with Crippen LogP contribution in [0, 0.1) is 0 Å². The van der Waals surface area contributed by atoms with Gasteiger partial charge in [0.2, 0.25) is 0 Å². The fourth-order valence-electron chi connectivity index (χ4n) is 2.90. The fourth-order valence-corrected chi connectivity index (χ4v) is 2.90. The van der Waals surface area contributed by atoms with Crippen molar-refractivity contribution in [3.8, 4) is 16.9 Å². The molecule has 0 bridgehead atoms. The van der Waals surface area contributed by atoms with Crippen molar-refractivity contribution >= 4 is 22.0 Å². The van der Waals surface area contributed by atoms with Crippen LogP contribution in [0.1, 0.15) is 0 Å². The quantitative estimate of drug-likeness (QED) is 0.506. The summed E-state index contributed by atoms with van der Waals surface area (Å²) in [5.41, 5.74) is 4.09. The van der Waals surface area contributed by atoms with Crippen molar-refractivity contribution in [3.05, 3.63) is 83.5 Å². The van der Waals surface area contributed by atoms with Gasteiger partial charge in [0.15, 0.2) is 6.39 Å². The summed E-state index contributed by atoms with van der Waals surface area (Å²) < 4.78 is 10.3. The number of fused-ring (bicyclic) bond motifs is 2. The van der Waals surface area contributed by atoms with Gasteiger partial charge < -0.3 is 9.15 Å². The van der Waals surface area contributed by atoms with Gasteiger partial charge in [0.05, 0.1) is 12.5 Å². The average Bonchev–Trinajstić information content (AvgIpc) is 3.24. The number of methoxy groups -OCH3 is 1. The lowest BCUT2D eigenvalue weighted by Gasteiger charge is -2.08. The van der Waals surface area contributed by atoms with Gasteiger partial charge in [0.25, 0.3) is 5.56 Å². The van der Waals surface area contributed by atoms with Gasteiger partial charge in [0.1, 0.15) is 22.4 Å². The van der Waals surface area contributed by atoms with Crippen LogP contribution >= 0.6 is 0 Å². The molecule has 1 N–H and O–H groups in total. The summed E-state index contributed by atoms with van der Waals surface area (Å²) in [6, 6.07) is 20.8. The Morgan fingerprint density at radius 3 is 2.54 bits per heavy atom. The average molecular weight is 372 g/mol. The van der Waals surface area contributed by atoms with E-state index in [1.54, 1.807) is 25.3 Å². The van der Waals surface area contributed by atoms with Crippen molar-refractivity contribution in [1.29, 1.82) is 0 Å². The van der Waals surface area contributed by atoms with Crippen molar-refractivity contribution in [2.45, 2.75) is 0 Å². The van der Waals surface area contributed by atoms with E-state index in [0.717, 1.165) is 34.3 Å². The number of hydrogen-bond acceptors (Lipinski definition) is 6. The van der Waals surface area contributed by atoms with Crippen molar-refractivity contribution in [2.75, 3.05) is 7.11 Å². The lowest BCUT2D eigenvalue weighted by molar-refractivity contribution is 0.416. The predicted octanol–water partition coefficient (Wildman–Crippen LogP) is 3.82. The molecule has 0 unspecified atom stereocenters. The standard InChI is InChI=1S/C13H11N3O.C8H5NO2/c1-17-12-8-3-2-5-9(12)10-6-4-7-11-13(10)15-16-14-11;10-8-6-3-1-2-4-7(6)11-5-9-8/h2-8H,1H3,(H,14,15,16);1-5H. The Kier molecular flexibility index (Phi) is 4.79. The minimum absolute atomic E-state index is 0.244. The van der Waals surface area contributed by atoms with Crippen LogP contribution in [0.15, 0.2) is 82.3 Å². The van der Waals surface area contributed by atoms with Crippen molar-refractivity contribution < 1.29 is 9.15 Å². The van der Waals surface area contributed by atoms with Crippen LogP contribution in [0.4, 0.5) is 0 Å². The SMILES string of the molecule is COc1ccccc1-c1cccc2n[nH]nc12.O=c1ncoc2ccccc12. The number of hydrogen-bond donors (Lipinski definition) is 1. The van der Waals surface area contributed by atoms with E-state index >= 15 is 0 Å². The Hall–Kier alpha value is -4.00. The second kappa shape index (κ2) is 7.71. The summed E-state index contributed by atoms with van der Waals surface area (Å²) in [7, 11) is 1.67. The van der Waals surface area contributed by atoms with Crippen LogP contribution in [0.5, 0.6) is 5.75 Å². The molecule has 0 fully saturated rings. The Balaban J connectivity index is 0.000000151. The molecule has 0 atom stereocenters. The number of para-hydroxylation sites is 3. The highest BCUT2D eigenvalue weighted by atomic mass is 16.5. The number of ether oxygens (including phenoxy) is 1. The lowest BCUT2D eigenvalue weighted by atomic mass is 10.0. The number of nitrogens with zero attached hydrogens (tertiary/aromatic N) is 3. The van der Waals surface area contributed by atoms with E-state index in [2.05, 4.69) is 20.4 Å². The van der Waals surface area contributed by atoms with Crippen LogP contribution in [0.2, 0.25) is 0 Å². The molecule has 0 radical (unpaired) electrons. The third-order valence-corrected chi connectivity index (χ3v) is 4.21. The monoisotopic (exact) mass is 372 g/mol. The molecule has 0 amide bonds. The van der Waals surface area contributed by atoms with E-state index in [1.165, 1.54) is 0 Å². The number of aromatic nitrogens is 4. The predicted molar refractivity (Wildman–Crippen MR) is 106 cm³/mol. The second-order valence-corrected chi connectivity index (χ2v) is 5.85. The molecule has 0 spiro atoms. The maximum atomic E-state index is 11.0. The summed E-state index contributed by atoms with van der Waals surface area (Å²) >= 11 is 0. The minimum atomic E-state index is -0.244. The highest BCUT2D eigenvalue weighted by Gasteiger charge is 2.10. The first-order valence-electron chi connectivity index (χ1n) is 8.53. The summed E-state index contributed by atoms with van der Waals surface area (Å²) in [6.45, 7) is 0. The fraction of sp³-hybridized carbons (Fsp3) is 0.0476. The van der Waals surface area contributed by atoms with Crippen molar-refractivity contribution in [2.24, 2.45) is 0 Å². The molecule has 0 aliphatic heterocycles. The van der Waals surface area contributed by atoms with Gasteiger partial charge in [-0.3, -0.25) is 4.79 Å². The molecule has 0 saturated carbocycles. The Morgan fingerprint density at radius 2 is 1.68 bits per heavy atom. The van der Waals surface area contributed by atoms with E-state index in [9.17, 15) is 4.79 Å². The summed E-state index contributed by atoms with van der Waals surface area (Å²) in [6.07, 6.45) is 1.16. The molecule has 28 heavy (non-hydrogen) atoms. The van der Waals surface area contributed by atoms with Crippen LogP contribution in [0.25, 0.3) is 33.1 Å². The molecule has 2 aromatic heterocycles. The number of benzene rings is 3. The minimum Gasteiger partial charge on any atom is -0.496 e. The first-order chi connectivity index (χ1) is 13.8. The highest BCUT2D eigenvalue weighted by Crippen LogP contribution is 2.33. The van der Waals surface area contributed by atoms with Crippen molar-refractivity contribution in [1.82, 2.24) is 20.4 Å². The zero-order valence-corrected chi connectivity index (χ0v) is 15.0. The molecule has 0 aliphatic rings.